The lowest BCUT2D eigenvalue weighted by Gasteiger charge is -2.24. The molecule has 3 rings (SSSR count). The van der Waals surface area contributed by atoms with Gasteiger partial charge in [-0.15, -0.1) is 11.8 Å². The molecule has 0 saturated carbocycles. The number of fused-ring (bicyclic) bond motifs is 2. The molecule has 1 aliphatic carbocycles. The molecular weight excluding hydrogens is 342 g/mol. The number of phenols is 1. The molecule has 0 radical (unpaired) electrons. The number of thioether (sulfide) groups is 1. The smallest absolute Gasteiger partial charge is 0.198 e. The third kappa shape index (κ3) is 2.65. The summed E-state index contributed by atoms with van der Waals surface area (Å²) in [6.07, 6.45) is 0. The largest absolute Gasteiger partial charge is 0.504 e. The zero-order valence-electron chi connectivity index (χ0n) is 13.5. The first kappa shape index (κ1) is 17.3. The van der Waals surface area contributed by atoms with Crippen molar-refractivity contribution in [3.63, 3.8) is 0 Å². The van der Waals surface area contributed by atoms with Gasteiger partial charge in [-0.05, 0) is 6.92 Å². The second-order valence-electron chi connectivity index (χ2n) is 5.38. The first-order chi connectivity index (χ1) is 12.0. The molecule has 0 fully saturated rings. The van der Waals surface area contributed by atoms with Crippen LogP contribution < -0.4 is 10.5 Å². The first-order valence-electron chi connectivity index (χ1n) is 7.76. The Morgan fingerprint density at radius 3 is 2.28 bits per heavy atom. The fraction of sp³-hybridized carbons (Fsp3) is 0.222. The highest BCUT2D eigenvalue weighted by atomic mass is 32.2. The van der Waals surface area contributed by atoms with E-state index in [1.54, 1.807) is 31.2 Å². The van der Waals surface area contributed by atoms with Crippen LogP contribution in [0, 0.1) is 0 Å². The predicted molar refractivity (Wildman–Crippen MR) is 94.8 cm³/mol. The summed E-state index contributed by atoms with van der Waals surface area (Å²) in [6.45, 7) is 1.87. The van der Waals surface area contributed by atoms with Crippen molar-refractivity contribution in [2.75, 3.05) is 24.7 Å². The van der Waals surface area contributed by atoms with Gasteiger partial charge in [0.25, 0.3) is 0 Å². The molecule has 0 saturated heterocycles. The molecule has 0 heterocycles. The van der Waals surface area contributed by atoms with Crippen LogP contribution in [-0.4, -0.2) is 40.7 Å². The molecule has 2 aromatic carbocycles. The van der Waals surface area contributed by atoms with Crippen molar-refractivity contribution in [3.8, 4) is 11.5 Å². The maximum absolute atomic E-state index is 12.9. The van der Waals surface area contributed by atoms with Crippen LogP contribution in [0.3, 0.4) is 0 Å². The van der Waals surface area contributed by atoms with Crippen LogP contribution in [0.4, 0.5) is 5.69 Å². The van der Waals surface area contributed by atoms with Crippen molar-refractivity contribution in [2.45, 2.75) is 11.8 Å². The summed E-state index contributed by atoms with van der Waals surface area (Å²) in [7, 11) is 0. The van der Waals surface area contributed by atoms with E-state index in [2.05, 4.69) is 0 Å². The summed E-state index contributed by atoms with van der Waals surface area (Å²) >= 11 is 1.16. The minimum absolute atomic E-state index is 0.00917. The maximum Gasteiger partial charge on any atom is 0.198 e. The Hall–Kier alpha value is -2.51. The van der Waals surface area contributed by atoms with Gasteiger partial charge in [0.15, 0.2) is 23.1 Å². The molecule has 130 valence electrons. The van der Waals surface area contributed by atoms with Crippen LogP contribution in [0.2, 0.25) is 0 Å². The van der Waals surface area contributed by atoms with Gasteiger partial charge in [-0.25, -0.2) is 0 Å². The summed E-state index contributed by atoms with van der Waals surface area (Å²) in [5.74, 6) is -0.889. The standard InChI is InChI=1S/C18H17NO5S/c1-2-24-17-16(23)12-11(13(19)18(17)25-8-7-20)14(21)9-5-3-4-6-10(9)15(12)22/h3-6,20,23H,2,7-8,19H2,1H3. The van der Waals surface area contributed by atoms with E-state index in [-0.39, 0.29) is 52.7 Å². The minimum Gasteiger partial charge on any atom is -0.504 e. The number of benzene rings is 2. The Morgan fingerprint density at radius 1 is 1.12 bits per heavy atom. The second-order valence-corrected chi connectivity index (χ2v) is 6.48. The second kappa shape index (κ2) is 6.78. The highest BCUT2D eigenvalue weighted by Crippen LogP contribution is 2.49. The molecule has 0 atom stereocenters. The van der Waals surface area contributed by atoms with Gasteiger partial charge in [-0.3, -0.25) is 9.59 Å². The van der Waals surface area contributed by atoms with Crippen molar-refractivity contribution in [1.29, 1.82) is 0 Å². The number of nitrogens with two attached hydrogens (primary N) is 1. The van der Waals surface area contributed by atoms with Crippen molar-refractivity contribution in [3.05, 3.63) is 46.5 Å². The summed E-state index contributed by atoms with van der Waals surface area (Å²) in [6, 6.07) is 6.43. The number of aliphatic hydroxyl groups is 1. The number of phenolic OH excluding ortho intramolecular Hbond substituents is 1. The molecule has 0 amide bonds. The highest BCUT2D eigenvalue weighted by molar-refractivity contribution is 7.99. The third-order valence-corrected chi connectivity index (χ3v) is 5.00. The molecule has 7 heteroatoms. The lowest BCUT2D eigenvalue weighted by Crippen LogP contribution is -2.23. The molecule has 0 aromatic heterocycles. The maximum atomic E-state index is 12.9. The Labute approximate surface area is 148 Å². The molecule has 0 spiro atoms. The number of hydrogen-bond donors (Lipinski definition) is 3. The van der Waals surface area contributed by atoms with Crippen LogP contribution in [0.5, 0.6) is 11.5 Å². The van der Waals surface area contributed by atoms with Gasteiger partial charge in [-0.1, -0.05) is 24.3 Å². The van der Waals surface area contributed by atoms with Gasteiger partial charge in [0.05, 0.1) is 34.9 Å². The predicted octanol–water partition coefficient (Wildman–Crippen LogP) is 2.23. The van der Waals surface area contributed by atoms with E-state index < -0.39 is 11.6 Å². The molecule has 0 unspecified atom stereocenters. The number of ketones is 2. The van der Waals surface area contributed by atoms with E-state index in [0.717, 1.165) is 11.8 Å². The fourth-order valence-electron chi connectivity index (χ4n) is 2.88. The SMILES string of the molecule is CCOc1c(O)c2c(c(N)c1SCCO)C(=O)c1ccccc1C2=O. The summed E-state index contributed by atoms with van der Waals surface area (Å²) in [4.78, 5) is 26.1. The summed E-state index contributed by atoms with van der Waals surface area (Å²) in [5, 5.41) is 19.7. The Bertz CT molecular complexity index is 878. The minimum atomic E-state index is -0.464. The molecule has 1 aliphatic rings. The van der Waals surface area contributed by atoms with E-state index in [1.165, 1.54) is 0 Å². The zero-order chi connectivity index (χ0) is 18.1. The highest BCUT2D eigenvalue weighted by Gasteiger charge is 2.37. The quantitative estimate of drug-likeness (QED) is 0.364. The van der Waals surface area contributed by atoms with Crippen LogP contribution in [0.25, 0.3) is 0 Å². The number of rotatable bonds is 5. The van der Waals surface area contributed by atoms with Crippen molar-refractivity contribution in [1.82, 2.24) is 0 Å². The Kier molecular flexibility index (Phi) is 4.69. The molecule has 0 aliphatic heterocycles. The summed E-state index contributed by atoms with van der Waals surface area (Å²) < 4.78 is 5.49. The van der Waals surface area contributed by atoms with Crippen LogP contribution in [0.15, 0.2) is 29.2 Å². The molecule has 25 heavy (non-hydrogen) atoms. The lowest BCUT2D eigenvalue weighted by atomic mass is 9.82. The van der Waals surface area contributed by atoms with Gasteiger partial charge in [0.1, 0.15) is 0 Å². The number of hydrogen-bond acceptors (Lipinski definition) is 7. The van der Waals surface area contributed by atoms with E-state index in [1.807, 2.05) is 0 Å². The number of aromatic hydroxyl groups is 1. The van der Waals surface area contributed by atoms with E-state index in [0.29, 0.717) is 10.6 Å². The van der Waals surface area contributed by atoms with Crippen molar-refractivity contribution >= 4 is 29.0 Å². The fourth-order valence-corrected chi connectivity index (χ4v) is 3.72. The normalized spacial score (nSPS) is 12.7. The Balaban J connectivity index is 2.31. The monoisotopic (exact) mass is 359 g/mol. The molecular formula is C18H17NO5S. The molecule has 2 aromatic rings. The van der Waals surface area contributed by atoms with Crippen LogP contribution in [-0.2, 0) is 0 Å². The van der Waals surface area contributed by atoms with E-state index >= 15 is 0 Å². The third-order valence-electron chi connectivity index (χ3n) is 3.92. The first-order valence-corrected chi connectivity index (χ1v) is 8.74. The molecule has 4 N–H and O–H groups in total. The summed E-state index contributed by atoms with van der Waals surface area (Å²) in [5.41, 5.74) is 6.62. The van der Waals surface area contributed by atoms with Gasteiger partial charge < -0.3 is 20.7 Å². The number of anilines is 1. The van der Waals surface area contributed by atoms with Gasteiger partial charge in [0.2, 0.25) is 0 Å². The number of aliphatic hydroxyl groups excluding tert-OH is 1. The zero-order valence-corrected chi connectivity index (χ0v) is 14.4. The van der Waals surface area contributed by atoms with Gasteiger partial charge in [-0.2, -0.15) is 0 Å². The number of ether oxygens (including phenoxy) is 1. The number of carbonyl (C=O) groups is 2. The molecule has 6 nitrogen and oxygen atoms in total. The van der Waals surface area contributed by atoms with Crippen LogP contribution in [0.1, 0.15) is 38.8 Å². The van der Waals surface area contributed by atoms with Gasteiger partial charge >= 0.3 is 0 Å². The number of nitrogen functional groups attached to an aromatic ring is 1. The average Bonchev–Trinajstić information content (AvgIpc) is 2.62. The lowest BCUT2D eigenvalue weighted by molar-refractivity contribution is 0.0976. The van der Waals surface area contributed by atoms with Crippen molar-refractivity contribution in [2.24, 2.45) is 0 Å². The van der Waals surface area contributed by atoms with E-state index in [9.17, 15) is 14.7 Å². The van der Waals surface area contributed by atoms with Gasteiger partial charge in [0, 0.05) is 16.9 Å². The topological polar surface area (TPSA) is 110 Å². The Morgan fingerprint density at radius 2 is 1.72 bits per heavy atom. The average molecular weight is 359 g/mol. The van der Waals surface area contributed by atoms with Crippen molar-refractivity contribution < 1.29 is 24.5 Å². The van der Waals surface area contributed by atoms with E-state index in [4.69, 9.17) is 15.6 Å². The van der Waals surface area contributed by atoms with Crippen LogP contribution >= 0.6 is 11.8 Å². The molecule has 0 bridgehead atoms. The number of carbonyl (C=O) groups excluding carboxylic acids is 2.